The van der Waals surface area contributed by atoms with Gasteiger partial charge in [-0.15, -0.1) is 0 Å². The van der Waals surface area contributed by atoms with Crippen LogP contribution in [0.25, 0.3) is 0 Å². The minimum Gasteiger partial charge on any atom is -0.481 e. The van der Waals surface area contributed by atoms with Crippen molar-refractivity contribution in [1.82, 2.24) is 10.2 Å². The number of carboxylic acid groups (broad SMARTS) is 1. The van der Waals surface area contributed by atoms with E-state index in [1.807, 2.05) is 0 Å². The first kappa shape index (κ1) is 14.0. The molecule has 0 spiro atoms. The van der Waals surface area contributed by atoms with Crippen LogP contribution in [0.4, 0.5) is 0 Å². The van der Waals surface area contributed by atoms with E-state index in [0.29, 0.717) is 12.5 Å². The summed E-state index contributed by atoms with van der Waals surface area (Å²) < 4.78 is 0. The normalized spacial score (nSPS) is 24.4. The van der Waals surface area contributed by atoms with E-state index in [4.69, 9.17) is 5.11 Å². The zero-order valence-electron chi connectivity index (χ0n) is 10.6. The Balaban J connectivity index is 2.14. The average Bonchev–Trinajstić information content (AvgIpc) is 2.29. The number of likely N-dealkylation sites (N-methyl/N-ethyl adjacent to an activating group) is 1. The Labute approximate surface area is 102 Å². The molecule has 0 aliphatic heterocycles. The highest BCUT2D eigenvalue weighted by Gasteiger charge is 2.25. The number of amides is 1. The summed E-state index contributed by atoms with van der Waals surface area (Å²) in [5, 5.41) is 12.0. The molecule has 17 heavy (non-hydrogen) atoms. The summed E-state index contributed by atoms with van der Waals surface area (Å²) >= 11 is 0. The van der Waals surface area contributed by atoms with Crippen molar-refractivity contribution in [3.63, 3.8) is 0 Å². The number of aliphatic carboxylic acids is 1. The Bertz CT molecular complexity index is 271. The summed E-state index contributed by atoms with van der Waals surface area (Å²) in [6.07, 6.45) is 3.42. The van der Waals surface area contributed by atoms with Gasteiger partial charge in [0.25, 0.3) is 0 Å². The zero-order chi connectivity index (χ0) is 12.8. The SMILES string of the molecule is CN(C)C(=O)CNCC1CCC(C(=O)O)CC1. The van der Waals surface area contributed by atoms with Gasteiger partial charge in [-0.3, -0.25) is 9.59 Å². The number of hydrogen-bond acceptors (Lipinski definition) is 3. The fourth-order valence-electron chi connectivity index (χ4n) is 2.15. The Morgan fingerprint density at radius 1 is 1.24 bits per heavy atom. The maximum Gasteiger partial charge on any atom is 0.306 e. The van der Waals surface area contributed by atoms with Gasteiger partial charge in [-0.2, -0.15) is 0 Å². The van der Waals surface area contributed by atoms with Crippen LogP contribution in [0, 0.1) is 11.8 Å². The number of carbonyl (C=O) groups excluding carboxylic acids is 1. The van der Waals surface area contributed by atoms with Gasteiger partial charge in [-0.1, -0.05) is 0 Å². The van der Waals surface area contributed by atoms with Crippen molar-refractivity contribution in [3.05, 3.63) is 0 Å². The average molecular weight is 242 g/mol. The third-order valence-electron chi connectivity index (χ3n) is 3.40. The van der Waals surface area contributed by atoms with Crippen LogP contribution in [0.15, 0.2) is 0 Å². The summed E-state index contributed by atoms with van der Waals surface area (Å²) in [5.41, 5.74) is 0. The van der Waals surface area contributed by atoms with E-state index in [1.165, 1.54) is 0 Å². The van der Waals surface area contributed by atoms with Gasteiger partial charge < -0.3 is 15.3 Å². The number of carboxylic acids is 1. The van der Waals surface area contributed by atoms with Gasteiger partial charge in [0, 0.05) is 14.1 Å². The Kier molecular flexibility index (Phi) is 5.41. The van der Waals surface area contributed by atoms with E-state index in [0.717, 1.165) is 32.2 Å². The molecule has 0 aromatic rings. The topological polar surface area (TPSA) is 69.6 Å². The number of carbonyl (C=O) groups is 2. The lowest BCUT2D eigenvalue weighted by molar-refractivity contribution is -0.143. The van der Waals surface area contributed by atoms with E-state index in [1.54, 1.807) is 19.0 Å². The van der Waals surface area contributed by atoms with Gasteiger partial charge in [0.15, 0.2) is 0 Å². The first-order valence-electron chi connectivity index (χ1n) is 6.14. The van der Waals surface area contributed by atoms with Gasteiger partial charge in [-0.25, -0.2) is 0 Å². The molecule has 1 fully saturated rings. The maximum atomic E-state index is 11.3. The predicted molar refractivity (Wildman–Crippen MR) is 64.6 cm³/mol. The summed E-state index contributed by atoms with van der Waals surface area (Å²) in [4.78, 5) is 23.6. The molecule has 0 saturated heterocycles. The lowest BCUT2D eigenvalue weighted by Gasteiger charge is -2.26. The highest BCUT2D eigenvalue weighted by Crippen LogP contribution is 2.28. The van der Waals surface area contributed by atoms with E-state index >= 15 is 0 Å². The molecule has 0 unspecified atom stereocenters. The minimum absolute atomic E-state index is 0.0734. The van der Waals surface area contributed by atoms with Gasteiger partial charge in [-0.05, 0) is 38.1 Å². The van der Waals surface area contributed by atoms with Crippen molar-refractivity contribution in [3.8, 4) is 0 Å². The summed E-state index contributed by atoms with van der Waals surface area (Å²) in [6, 6.07) is 0. The molecule has 2 N–H and O–H groups in total. The van der Waals surface area contributed by atoms with Crippen molar-refractivity contribution in [1.29, 1.82) is 0 Å². The van der Waals surface area contributed by atoms with Crippen LogP contribution in [-0.4, -0.2) is 49.1 Å². The molecule has 0 bridgehead atoms. The van der Waals surface area contributed by atoms with Gasteiger partial charge in [0.1, 0.15) is 0 Å². The number of nitrogens with one attached hydrogen (secondary N) is 1. The van der Waals surface area contributed by atoms with Crippen LogP contribution in [0.1, 0.15) is 25.7 Å². The van der Waals surface area contributed by atoms with Gasteiger partial charge >= 0.3 is 5.97 Å². The molecule has 1 aliphatic rings. The second-order valence-corrected chi connectivity index (χ2v) is 4.97. The third-order valence-corrected chi connectivity index (χ3v) is 3.40. The fourth-order valence-corrected chi connectivity index (χ4v) is 2.15. The minimum atomic E-state index is -0.667. The first-order chi connectivity index (χ1) is 8.00. The standard InChI is InChI=1S/C12H22N2O3/c1-14(2)11(15)8-13-7-9-3-5-10(6-4-9)12(16)17/h9-10,13H,3-8H2,1-2H3,(H,16,17). The van der Waals surface area contributed by atoms with Crippen LogP contribution in [0.3, 0.4) is 0 Å². The lowest BCUT2D eigenvalue weighted by Crippen LogP contribution is -2.36. The molecule has 0 aromatic carbocycles. The monoisotopic (exact) mass is 242 g/mol. The highest BCUT2D eigenvalue weighted by atomic mass is 16.4. The van der Waals surface area contributed by atoms with Crippen LogP contribution < -0.4 is 5.32 Å². The lowest BCUT2D eigenvalue weighted by atomic mass is 9.82. The Morgan fingerprint density at radius 2 is 1.82 bits per heavy atom. The van der Waals surface area contributed by atoms with E-state index in [-0.39, 0.29) is 11.8 Å². The second kappa shape index (κ2) is 6.59. The molecule has 0 aromatic heterocycles. The molecule has 98 valence electrons. The summed E-state index contributed by atoms with van der Waals surface area (Å²) in [6.45, 7) is 1.18. The third kappa shape index (κ3) is 4.73. The number of rotatable bonds is 5. The van der Waals surface area contributed by atoms with E-state index in [9.17, 15) is 9.59 Å². The smallest absolute Gasteiger partial charge is 0.306 e. The molecule has 5 nitrogen and oxygen atoms in total. The molecular weight excluding hydrogens is 220 g/mol. The molecule has 1 aliphatic carbocycles. The number of hydrogen-bond donors (Lipinski definition) is 2. The van der Waals surface area contributed by atoms with Crippen LogP contribution in [0.5, 0.6) is 0 Å². The molecule has 0 radical (unpaired) electrons. The quantitative estimate of drug-likeness (QED) is 0.739. The summed E-state index contributed by atoms with van der Waals surface area (Å²) in [5.74, 6) is -0.237. The fraction of sp³-hybridized carbons (Fsp3) is 0.833. The summed E-state index contributed by atoms with van der Waals surface area (Å²) in [7, 11) is 3.48. The van der Waals surface area contributed by atoms with E-state index in [2.05, 4.69) is 5.32 Å². The Morgan fingerprint density at radius 3 is 2.29 bits per heavy atom. The van der Waals surface area contributed by atoms with E-state index < -0.39 is 5.97 Å². The Hall–Kier alpha value is -1.10. The molecule has 5 heteroatoms. The van der Waals surface area contributed by atoms with Crippen molar-refractivity contribution in [2.45, 2.75) is 25.7 Å². The van der Waals surface area contributed by atoms with Gasteiger partial charge in [0.05, 0.1) is 12.5 Å². The van der Waals surface area contributed by atoms with Crippen molar-refractivity contribution >= 4 is 11.9 Å². The highest BCUT2D eigenvalue weighted by molar-refractivity contribution is 5.77. The first-order valence-corrected chi connectivity index (χ1v) is 6.14. The molecule has 1 rings (SSSR count). The van der Waals surface area contributed by atoms with Crippen molar-refractivity contribution in [2.24, 2.45) is 11.8 Å². The molecule has 0 heterocycles. The molecular formula is C12H22N2O3. The largest absolute Gasteiger partial charge is 0.481 e. The van der Waals surface area contributed by atoms with Crippen molar-refractivity contribution in [2.75, 3.05) is 27.2 Å². The van der Waals surface area contributed by atoms with Crippen molar-refractivity contribution < 1.29 is 14.7 Å². The maximum absolute atomic E-state index is 11.3. The second-order valence-electron chi connectivity index (χ2n) is 4.97. The molecule has 0 atom stereocenters. The molecule has 1 amide bonds. The van der Waals surface area contributed by atoms with Crippen LogP contribution in [0.2, 0.25) is 0 Å². The number of nitrogens with zero attached hydrogens (tertiary/aromatic N) is 1. The predicted octanol–water partition coefficient (Wildman–Crippen LogP) is 0.555. The van der Waals surface area contributed by atoms with Gasteiger partial charge in [0.2, 0.25) is 5.91 Å². The zero-order valence-corrected chi connectivity index (χ0v) is 10.6. The molecule has 1 saturated carbocycles. The van der Waals surface area contributed by atoms with Crippen LogP contribution >= 0.6 is 0 Å². The van der Waals surface area contributed by atoms with Crippen LogP contribution in [-0.2, 0) is 9.59 Å².